The molecule has 1 aliphatic carbocycles. The first-order valence-corrected chi connectivity index (χ1v) is 6.85. The van der Waals surface area contributed by atoms with Gasteiger partial charge in [0.25, 0.3) is 0 Å². The minimum absolute atomic E-state index is 0.0116. The molecule has 90 valence electrons. The van der Waals surface area contributed by atoms with Gasteiger partial charge in [0.15, 0.2) is 0 Å². The van der Waals surface area contributed by atoms with Crippen LogP contribution in [0.4, 0.5) is 0 Å². The maximum atomic E-state index is 11.4. The van der Waals surface area contributed by atoms with Crippen molar-refractivity contribution in [3.8, 4) is 0 Å². The van der Waals surface area contributed by atoms with E-state index in [1.54, 1.807) is 0 Å². The van der Waals surface area contributed by atoms with Crippen molar-refractivity contribution in [3.63, 3.8) is 0 Å². The fraction of sp³-hybridized carbons (Fsp3) is 1.00. The summed E-state index contributed by atoms with van der Waals surface area (Å²) in [7, 11) is -3.24. The number of ether oxygens (including phenoxy) is 1. The first-order chi connectivity index (χ1) is 7.04. The molecule has 0 amide bonds. The molecule has 0 aromatic carbocycles. The normalized spacial score (nSPS) is 19.1. The largest absolute Gasteiger partial charge is 0.396 e. The lowest BCUT2D eigenvalue weighted by molar-refractivity contribution is 0.163. The van der Waals surface area contributed by atoms with Gasteiger partial charge in [-0.2, -0.15) is 0 Å². The van der Waals surface area contributed by atoms with Crippen LogP contribution in [0.25, 0.3) is 0 Å². The molecule has 6 heteroatoms. The summed E-state index contributed by atoms with van der Waals surface area (Å²) in [5.74, 6) is -0.0116. The van der Waals surface area contributed by atoms with Crippen molar-refractivity contribution in [1.29, 1.82) is 0 Å². The highest BCUT2D eigenvalue weighted by Gasteiger charge is 2.42. The smallest absolute Gasteiger partial charge is 0.213 e. The summed E-state index contributed by atoms with van der Waals surface area (Å²) >= 11 is 0. The van der Waals surface area contributed by atoms with Gasteiger partial charge in [0.1, 0.15) is 0 Å². The van der Waals surface area contributed by atoms with Gasteiger partial charge < -0.3 is 9.84 Å². The van der Waals surface area contributed by atoms with Crippen molar-refractivity contribution < 1.29 is 18.3 Å². The monoisotopic (exact) mass is 237 g/mol. The molecule has 0 aliphatic heterocycles. The quantitative estimate of drug-likeness (QED) is 0.569. The van der Waals surface area contributed by atoms with E-state index >= 15 is 0 Å². The molecule has 15 heavy (non-hydrogen) atoms. The van der Waals surface area contributed by atoms with E-state index in [1.807, 2.05) is 6.92 Å². The fourth-order valence-corrected chi connectivity index (χ4v) is 2.22. The van der Waals surface area contributed by atoms with Crippen LogP contribution in [0.5, 0.6) is 0 Å². The topological polar surface area (TPSA) is 75.6 Å². The van der Waals surface area contributed by atoms with Gasteiger partial charge in [0.2, 0.25) is 10.0 Å². The van der Waals surface area contributed by atoms with E-state index in [0.29, 0.717) is 13.2 Å². The number of sulfonamides is 1. The zero-order valence-electron chi connectivity index (χ0n) is 9.03. The maximum absolute atomic E-state index is 11.4. The SMILES string of the molecule is CCOCCS(=O)(=O)NCC1(CO)CC1. The number of hydrogen-bond donors (Lipinski definition) is 2. The molecule has 0 spiro atoms. The minimum Gasteiger partial charge on any atom is -0.396 e. The number of aliphatic hydroxyl groups excluding tert-OH is 1. The van der Waals surface area contributed by atoms with Crippen molar-refractivity contribution in [3.05, 3.63) is 0 Å². The van der Waals surface area contributed by atoms with Crippen LogP contribution >= 0.6 is 0 Å². The third kappa shape index (κ3) is 4.46. The molecular formula is C9H19NO4S. The molecule has 0 unspecified atom stereocenters. The Kier molecular flexibility index (Phi) is 4.51. The van der Waals surface area contributed by atoms with E-state index in [9.17, 15) is 8.42 Å². The summed E-state index contributed by atoms with van der Waals surface area (Å²) in [6, 6.07) is 0. The van der Waals surface area contributed by atoms with Gasteiger partial charge in [-0.3, -0.25) is 0 Å². The Bertz CT molecular complexity index is 284. The summed E-state index contributed by atoms with van der Waals surface area (Å²) in [6.07, 6.45) is 1.80. The average molecular weight is 237 g/mol. The van der Waals surface area contributed by atoms with Gasteiger partial charge in [-0.25, -0.2) is 13.1 Å². The molecule has 0 bridgehead atoms. The van der Waals surface area contributed by atoms with Crippen molar-refractivity contribution in [2.45, 2.75) is 19.8 Å². The Labute approximate surface area is 90.9 Å². The second kappa shape index (κ2) is 5.25. The first-order valence-electron chi connectivity index (χ1n) is 5.19. The van der Waals surface area contributed by atoms with Gasteiger partial charge in [-0.05, 0) is 19.8 Å². The predicted molar refractivity (Wildman–Crippen MR) is 57.0 cm³/mol. The zero-order valence-corrected chi connectivity index (χ0v) is 9.85. The Balaban J connectivity index is 2.24. The van der Waals surface area contributed by atoms with Gasteiger partial charge in [-0.1, -0.05) is 0 Å². The van der Waals surface area contributed by atoms with Crippen LogP contribution in [0.15, 0.2) is 0 Å². The molecule has 0 saturated heterocycles. The van der Waals surface area contributed by atoms with Crippen LogP contribution in [0.2, 0.25) is 0 Å². The number of aliphatic hydroxyl groups is 1. The van der Waals surface area contributed by atoms with Crippen molar-refractivity contribution in [2.75, 3.05) is 32.1 Å². The van der Waals surface area contributed by atoms with Crippen molar-refractivity contribution >= 4 is 10.0 Å². The van der Waals surface area contributed by atoms with Crippen LogP contribution < -0.4 is 4.72 Å². The van der Waals surface area contributed by atoms with Crippen LogP contribution in [-0.2, 0) is 14.8 Å². The molecule has 1 rings (SSSR count). The Morgan fingerprint density at radius 3 is 2.60 bits per heavy atom. The molecule has 1 saturated carbocycles. The Morgan fingerprint density at radius 2 is 2.13 bits per heavy atom. The highest BCUT2D eigenvalue weighted by Crippen LogP contribution is 2.44. The molecule has 0 heterocycles. The molecule has 1 aliphatic rings. The van der Waals surface area contributed by atoms with Gasteiger partial charge in [0, 0.05) is 25.2 Å². The third-order valence-corrected chi connectivity index (χ3v) is 3.95. The summed E-state index contributed by atoms with van der Waals surface area (Å²) in [5, 5.41) is 9.01. The van der Waals surface area contributed by atoms with E-state index < -0.39 is 10.0 Å². The van der Waals surface area contributed by atoms with Gasteiger partial charge in [0.05, 0.1) is 12.4 Å². The molecule has 1 fully saturated rings. The Morgan fingerprint density at radius 1 is 1.47 bits per heavy atom. The van der Waals surface area contributed by atoms with E-state index in [2.05, 4.69) is 4.72 Å². The highest BCUT2D eigenvalue weighted by atomic mass is 32.2. The number of rotatable bonds is 8. The Hall–Kier alpha value is -0.170. The van der Waals surface area contributed by atoms with Gasteiger partial charge >= 0.3 is 0 Å². The van der Waals surface area contributed by atoms with Gasteiger partial charge in [-0.15, -0.1) is 0 Å². The minimum atomic E-state index is -3.24. The molecule has 5 nitrogen and oxygen atoms in total. The summed E-state index contributed by atoms with van der Waals surface area (Å²) in [6.45, 7) is 2.97. The van der Waals surface area contributed by atoms with Crippen LogP contribution in [-0.4, -0.2) is 45.6 Å². The molecule has 0 radical (unpaired) electrons. The predicted octanol–water partition coefficient (Wildman–Crippen LogP) is -0.285. The standard InChI is InChI=1S/C9H19NO4S/c1-2-14-5-6-15(12,13)10-7-9(8-11)3-4-9/h10-11H,2-8H2,1H3. The molecule has 0 aromatic heterocycles. The average Bonchev–Trinajstić information content (AvgIpc) is 2.96. The fourth-order valence-electron chi connectivity index (χ4n) is 1.22. The third-order valence-electron chi connectivity index (χ3n) is 2.66. The lowest BCUT2D eigenvalue weighted by Gasteiger charge is -2.12. The molecular weight excluding hydrogens is 218 g/mol. The van der Waals surface area contributed by atoms with Crippen LogP contribution in [0.1, 0.15) is 19.8 Å². The van der Waals surface area contributed by atoms with Crippen molar-refractivity contribution in [2.24, 2.45) is 5.41 Å². The highest BCUT2D eigenvalue weighted by molar-refractivity contribution is 7.89. The summed E-state index contributed by atoms with van der Waals surface area (Å²) < 4.78 is 30.3. The zero-order chi connectivity index (χ0) is 11.4. The summed E-state index contributed by atoms with van der Waals surface area (Å²) in [4.78, 5) is 0. The number of nitrogens with one attached hydrogen (secondary N) is 1. The van der Waals surface area contributed by atoms with Crippen LogP contribution in [0, 0.1) is 5.41 Å². The lowest BCUT2D eigenvalue weighted by atomic mass is 10.1. The van der Waals surface area contributed by atoms with Crippen molar-refractivity contribution in [1.82, 2.24) is 4.72 Å². The van der Waals surface area contributed by atoms with Crippen LogP contribution in [0.3, 0.4) is 0 Å². The van der Waals surface area contributed by atoms with E-state index in [4.69, 9.17) is 9.84 Å². The second-order valence-corrected chi connectivity index (χ2v) is 5.92. The molecule has 0 aromatic rings. The van der Waals surface area contributed by atoms with E-state index in [0.717, 1.165) is 12.8 Å². The molecule has 0 atom stereocenters. The van der Waals surface area contributed by atoms with E-state index in [-0.39, 0.29) is 24.4 Å². The summed E-state index contributed by atoms with van der Waals surface area (Å²) in [5.41, 5.74) is -0.182. The first kappa shape index (κ1) is 12.9. The molecule has 2 N–H and O–H groups in total. The number of hydrogen-bond acceptors (Lipinski definition) is 4. The maximum Gasteiger partial charge on any atom is 0.213 e. The van der Waals surface area contributed by atoms with E-state index in [1.165, 1.54) is 0 Å². The second-order valence-electron chi connectivity index (χ2n) is 4.00. The lowest BCUT2D eigenvalue weighted by Crippen LogP contribution is -2.34.